The molecule has 1 amide bonds. The number of nitrogens with one attached hydrogen (secondary N) is 1. The largest absolute Gasteiger partial charge is 0.496 e. The molecule has 0 spiro atoms. The second-order valence-electron chi connectivity index (χ2n) is 6.93. The number of anilines is 1. The fourth-order valence-corrected chi connectivity index (χ4v) is 3.48. The molecule has 0 aliphatic carbocycles. The molecule has 0 aliphatic rings. The average molecular weight is 421 g/mol. The third-order valence-corrected chi connectivity index (χ3v) is 5.01. The predicted octanol–water partition coefficient (Wildman–Crippen LogP) is 3.41. The third-order valence-electron chi connectivity index (χ3n) is 5.01. The summed E-state index contributed by atoms with van der Waals surface area (Å²) in [5.74, 6) is 0.580. The first-order chi connectivity index (χ1) is 14.9. The molecule has 1 N–H and O–H groups in total. The Bertz CT molecular complexity index is 1430. The summed E-state index contributed by atoms with van der Waals surface area (Å²) >= 11 is 0. The van der Waals surface area contributed by atoms with E-state index in [2.05, 4.69) is 5.32 Å². The van der Waals surface area contributed by atoms with Crippen molar-refractivity contribution in [1.82, 2.24) is 0 Å². The summed E-state index contributed by atoms with van der Waals surface area (Å²) in [5, 5.41) is 4.02. The highest BCUT2D eigenvalue weighted by Crippen LogP contribution is 2.33. The molecule has 0 bridgehead atoms. The first-order valence-electron chi connectivity index (χ1n) is 9.41. The van der Waals surface area contributed by atoms with E-state index >= 15 is 0 Å². The number of carbonyl (C=O) groups is 1. The van der Waals surface area contributed by atoms with Crippen molar-refractivity contribution in [3.05, 3.63) is 74.4 Å². The highest BCUT2D eigenvalue weighted by Gasteiger charge is 2.19. The highest BCUT2D eigenvalue weighted by atomic mass is 16.5. The zero-order valence-electron chi connectivity index (χ0n) is 17.1. The van der Waals surface area contributed by atoms with Crippen LogP contribution in [-0.4, -0.2) is 20.1 Å². The molecule has 4 rings (SSSR count). The van der Waals surface area contributed by atoms with E-state index in [4.69, 9.17) is 18.3 Å². The minimum Gasteiger partial charge on any atom is -0.496 e. The van der Waals surface area contributed by atoms with Crippen molar-refractivity contribution in [3.63, 3.8) is 0 Å². The van der Waals surface area contributed by atoms with Crippen molar-refractivity contribution in [3.8, 4) is 11.5 Å². The van der Waals surface area contributed by atoms with Gasteiger partial charge in [0.15, 0.2) is 0 Å². The molecule has 0 fully saturated rings. The number of rotatable bonds is 5. The maximum atomic E-state index is 12.7. The van der Waals surface area contributed by atoms with Crippen LogP contribution >= 0.6 is 0 Å². The summed E-state index contributed by atoms with van der Waals surface area (Å²) in [4.78, 5) is 36.5. The Hall–Kier alpha value is -4.07. The van der Waals surface area contributed by atoms with Gasteiger partial charge in [-0.15, -0.1) is 0 Å². The predicted molar refractivity (Wildman–Crippen MR) is 115 cm³/mol. The molecule has 0 radical (unpaired) electrons. The van der Waals surface area contributed by atoms with Crippen LogP contribution in [0.1, 0.15) is 11.1 Å². The standard InChI is InChI=1S/C23H19NO7/c1-12-16(23(27)31-19-10-15(28-2)9-18(29-3)22(12)19)11-20(25)24-14-5-6-17-13(8-14)4-7-21(26)30-17/h4-10H,11H2,1-3H3,(H,24,25). The molecule has 31 heavy (non-hydrogen) atoms. The van der Waals surface area contributed by atoms with Crippen molar-refractivity contribution < 1.29 is 23.1 Å². The van der Waals surface area contributed by atoms with Gasteiger partial charge in [0.1, 0.15) is 22.7 Å². The van der Waals surface area contributed by atoms with Gasteiger partial charge in [0.05, 0.1) is 31.6 Å². The van der Waals surface area contributed by atoms with E-state index in [1.165, 1.54) is 20.3 Å². The molecule has 8 nitrogen and oxygen atoms in total. The van der Waals surface area contributed by atoms with Gasteiger partial charge in [0.25, 0.3) is 0 Å². The van der Waals surface area contributed by atoms with Crippen LogP contribution in [0.5, 0.6) is 11.5 Å². The summed E-state index contributed by atoms with van der Waals surface area (Å²) in [5.41, 5.74) is 1.03. The first-order valence-corrected chi connectivity index (χ1v) is 9.41. The summed E-state index contributed by atoms with van der Waals surface area (Å²) in [6.45, 7) is 1.74. The number of methoxy groups -OCH3 is 2. The van der Waals surface area contributed by atoms with Crippen LogP contribution in [0.3, 0.4) is 0 Å². The van der Waals surface area contributed by atoms with Crippen molar-refractivity contribution >= 4 is 33.5 Å². The smallest absolute Gasteiger partial charge is 0.340 e. The minimum absolute atomic E-state index is 0.179. The molecule has 4 aromatic rings. The molecular weight excluding hydrogens is 402 g/mol. The second-order valence-corrected chi connectivity index (χ2v) is 6.93. The Labute approximate surface area is 176 Å². The van der Waals surface area contributed by atoms with Gasteiger partial charge in [-0.25, -0.2) is 9.59 Å². The van der Waals surface area contributed by atoms with Gasteiger partial charge in [-0.3, -0.25) is 4.79 Å². The van der Waals surface area contributed by atoms with E-state index < -0.39 is 11.3 Å². The Kier molecular flexibility index (Phi) is 5.21. The summed E-state index contributed by atoms with van der Waals surface area (Å²) in [6, 6.07) is 11.1. The van der Waals surface area contributed by atoms with Gasteiger partial charge >= 0.3 is 11.3 Å². The molecular formula is C23H19NO7. The minimum atomic E-state index is -0.601. The zero-order chi connectivity index (χ0) is 22.1. The van der Waals surface area contributed by atoms with E-state index in [0.717, 1.165) is 0 Å². The number of aryl methyl sites for hydroxylation is 1. The topological polar surface area (TPSA) is 108 Å². The maximum absolute atomic E-state index is 12.7. The molecule has 2 aromatic heterocycles. The van der Waals surface area contributed by atoms with Gasteiger partial charge in [0, 0.05) is 29.3 Å². The van der Waals surface area contributed by atoms with E-state index in [1.807, 2.05) is 0 Å². The molecule has 0 unspecified atom stereocenters. The number of fused-ring (bicyclic) bond motifs is 2. The maximum Gasteiger partial charge on any atom is 0.340 e. The molecule has 0 saturated carbocycles. The van der Waals surface area contributed by atoms with Gasteiger partial charge in [-0.2, -0.15) is 0 Å². The lowest BCUT2D eigenvalue weighted by molar-refractivity contribution is -0.115. The monoisotopic (exact) mass is 421 g/mol. The molecule has 8 heteroatoms. The number of hydrogen-bond donors (Lipinski definition) is 1. The third kappa shape index (κ3) is 3.87. The first kappa shape index (κ1) is 20.2. The van der Waals surface area contributed by atoms with Crippen LogP contribution in [0, 0.1) is 6.92 Å². The number of carbonyl (C=O) groups excluding carboxylic acids is 1. The second kappa shape index (κ2) is 7.98. The van der Waals surface area contributed by atoms with Crippen molar-refractivity contribution in [2.45, 2.75) is 13.3 Å². The zero-order valence-corrected chi connectivity index (χ0v) is 17.1. The molecule has 0 atom stereocenters. The molecule has 2 heterocycles. The van der Waals surface area contributed by atoms with Crippen LogP contribution < -0.4 is 26.0 Å². The Morgan fingerprint density at radius 3 is 2.52 bits per heavy atom. The van der Waals surface area contributed by atoms with Gasteiger partial charge in [0.2, 0.25) is 5.91 Å². The van der Waals surface area contributed by atoms with E-state index in [-0.39, 0.29) is 17.9 Å². The van der Waals surface area contributed by atoms with Crippen LogP contribution in [0.4, 0.5) is 5.69 Å². The van der Waals surface area contributed by atoms with E-state index in [1.54, 1.807) is 43.3 Å². The van der Waals surface area contributed by atoms with Crippen LogP contribution in [0.25, 0.3) is 21.9 Å². The fourth-order valence-electron chi connectivity index (χ4n) is 3.48. The molecule has 158 valence electrons. The number of amides is 1. The quantitative estimate of drug-likeness (QED) is 0.492. The van der Waals surface area contributed by atoms with Gasteiger partial charge in [-0.1, -0.05) is 0 Å². The van der Waals surface area contributed by atoms with Crippen molar-refractivity contribution in [1.29, 1.82) is 0 Å². The van der Waals surface area contributed by atoms with Gasteiger partial charge < -0.3 is 23.6 Å². The summed E-state index contributed by atoms with van der Waals surface area (Å²) in [6.07, 6.45) is -0.179. The Morgan fingerprint density at radius 2 is 1.77 bits per heavy atom. The average Bonchev–Trinajstić information content (AvgIpc) is 2.75. The van der Waals surface area contributed by atoms with E-state index in [9.17, 15) is 14.4 Å². The molecule has 0 saturated heterocycles. The lowest BCUT2D eigenvalue weighted by atomic mass is 10.0. The lowest BCUT2D eigenvalue weighted by Gasteiger charge is -2.13. The van der Waals surface area contributed by atoms with Crippen LogP contribution in [0.2, 0.25) is 0 Å². The number of hydrogen-bond acceptors (Lipinski definition) is 7. The van der Waals surface area contributed by atoms with Crippen molar-refractivity contribution in [2.24, 2.45) is 0 Å². The number of ether oxygens (including phenoxy) is 2. The SMILES string of the molecule is COc1cc(OC)c2c(C)c(CC(=O)Nc3ccc4oc(=O)ccc4c3)c(=O)oc2c1. The fraction of sp³-hybridized carbons (Fsp3) is 0.174. The van der Waals surface area contributed by atoms with Crippen LogP contribution in [0.15, 0.2) is 60.9 Å². The Morgan fingerprint density at radius 1 is 0.968 bits per heavy atom. The highest BCUT2D eigenvalue weighted by molar-refractivity contribution is 5.96. The van der Waals surface area contributed by atoms with Gasteiger partial charge in [-0.05, 0) is 36.8 Å². The molecule has 2 aromatic carbocycles. The van der Waals surface area contributed by atoms with Crippen molar-refractivity contribution in [2.75, 3.05) is 19.5 Å². The summed E-state index contributed by atoms with van der Waals surface area (Å²) in [7, 11) is 3.01. The number of benzene rings is 2. The van der Waals surface area contributed by atoms with Crippen LogP contribution in [-0.2, 0) is 11.2 Å². The Balaban J connectivity index is 1.66. The normalized spacial score (nSPS) is 10.9. The molecule has 0 aliphatic heterocycles. The lowest BCUT2D eigenvalue weighted by Crippen LogP contribution is -2.20. The van der Waals surface area contributed by atoms with E-state index in [0.29, 0.717) is 44.7 Å². The summed E-state index contributed by atoms with van der Waals surface area (Å²) < 4.78 is 21.2.